The van der Waals surface area contributed by atoms with Gasteiger partial charge in [-0.05, 0) is 157 Å². The third-order valence-corrected chi connectivity index (χ3v) is 11.3. The molecule has 0 radical (unpaired) electrons. The molecule has 0 heterocycles. The monoisotopic (exact) mass is 602 g/mol. The summed E-state index contributed by atoms with van der Waals surface area (Å²) in [7, 11) is 0. The van der Waals surface area contributed by atoms with Crippen molar-refractivity contribution in [3.63, 3.8) is 0 Å². The second-order valence-corrected chi connectivity index (χ2v) is 13.6. The van der Waals surface area contributed by atoms with E-state index in [-0.39, 0.29) is 0 Å². The summed E-state index contributed by atoms with van der Waals surface area (Å²) < 4.78 is 0. The highest BCUT2D eigenvalue weighted by atomic mass is 14.3. The van der Waals surface area contributed by atoms with Crippen LogP contribution in [0.5, 0.6) is 0 Å². The number of hydrogen-bond donors (Lipinski definition) is 0. The molecule has 0 amide bonds. The predicted octanol–water partition coefficient (Wildman–Crippen LogP) is 13.6. The molecule has 0 saturated heterocycles. The van der Waals surface area contributed by atoms with Gasteiger partial charge in [0.05, 0.1) is 0 Å². The molecule has 218 valence electrons. The SMILES string of the molecule is c1ccc(-c2ccc3cc4c5c(cccc5c3c2)-c2cc3c(ccc5c6cc7c(cc6ccc35)-c3cccc5cccc-7c35)cc2-4)cc1. The Morgan fingerprint density at radius 2 is 0.729 bits per heavy atom. The maximum atomic E-state index is 2.47. The zero-order chi connectivity index (χ0) is 31.1. The second-order valence-electron chi connectivity index (χ2n) is 13.6. The van der Waals surface area contributed by atoms with Gasteiger partial charge in [0.2, 0.25) is 0 Å². The molecule has 10 aromatic carbocycles. The molecule has 0 aromatic heterocycles. The van der Waals surface area contributed by atoms with Gasteiger partial charge < -0.3 is 0 Å². The molecule has 0 spiro atoms. The minimum absolute atomic E-state index is 1.25. The van der Waals surface area contributed by atoms with Crippen molar-refractivity contribution in [3.05, 3.63) is 158 Å². The largest absolute Gasteiger partial charge is 0.0622 e. The molecule has 0 unspecified atom stereocenters. The summed E-state index contributed by atoms with van der Waals surface area (Å²) in [4.78, 5) is 0. The average Bonchev–Trinajstić information content (AvgIpc) is 3.63. The van der Waals surface area contributed by atoms with E-state index in [2.05, 4.69) is 158 Å². The Hall–Kier alpha value is -6.24. The third kappa shape index (κ3) is 3.10. The van der Waals surface area contributed by atoms with Crippen molar-refractivity contribution >= 4 is 64.6 Å². The van der Waals surface area contributed by atoms with Crippen LogP contribution in [0.25, 0.3) is 120 Å². The molecule has 0 saturated carbocycles. The molecule has 0 atom stereocenters. The van der Waals surface area contributed by atoms with Crippen molar-refractivity contribution in [2.24, 2.45) is 0 Å². The quantitative estimate of drug-likeness (QED) is 0.164. The summed E-state index contributed by atoms with van der Waals surface area (Å²) in [5.41, 5.74) is 13.3. The van der Waals surface area contributed by atoms with E-state index in [0.29, 0.717) is 0 Å². The Labute approximate surface area is 277 Å². The molecule has 0 N–H and O–H groups in total. The minimum atomic E-state index is 1.25. The van der Waals surface area contributed by atoms with Crippen LogP contribution in [-0.2, 0) is 0 Å². The lowest BCUT2D eigenvalue weighted by Crippen LogP contribution is -1.85. The molecule has 0 heteroatoms. The maximum absolute atomic E-state index is 2.47. The van der Waals surface area contributed by atoms with Crippen LogP contribution in [0.1, 0.15) is 0 Å². The Morgan fingerprint density at radius 1 is 0.208 bits per heavy atom. The zero-order valence-electron chi connectivity index (χ0n) is 26.0. The van der Waals surface area contributed by atoms with Gasteiger partial charge in [0, 0.05) is 0 Å². The van der Waals surface area contributed by atoms with Crippen LogP contribution in [0.3, 0.4) is 0 Å². The molecule has 0 aliphatic heterocycles. The van der Waals surface area contributed by atoms with Gasteiger partial charge in [0.1, 0.15) is 0 Å². The normalized spacial score (nSPS) is 12.6. The van der Waals surface area contributed by atoms with Crippen LogP contribution >= 0.6 is 0 Å². The lowest BCUT2D eigenvalue weighted by molar-refractivity contribution is 1.65. The summed E-state index contributed by atoms with van der Waals surface area (Å²) in [6.45, 7) is 0. The molecule has 0 bridgehead atoms. The van der Waals surface area contributed by atoms with Gasteiger partial charge in [-0.25, -0.2) is 0 Å². The summed E-state index contributed by atoms with van der Waals surface area (Å²) in [5.74, 6) is 0. The highest BCUT2D eigenvalue weighted by molar-refractivity contribution is 6.27. The summed E-state index contributed by atoms with van der Waals surface area (Å²) >= 11 is 0. The maximum Gasteiger partial charge on any atom is -0.00199 e. The standard InChI is InChI=1S/C48H26/c1-2-7-27(8-3-1)29-15-16-30-24-46-43-23-32-18-20-33-34(41(32)26-45(43)38-14-6-13-35(48(38)46)39(30)21-29)19-17-31-22-42-36-11-4-9-28-10-5-12-37(47(28)36)44(42)25-40(31)33/h1-26H. The highest BCUT2D eigenvalue weighted by Crippen LogP contribution is 2.52. The molecule has 48 heavy (non-hydrogen) atoms. The van der Waals surface area contributed by atoms with Crippen LogP contribution in [0, 0.1) is 0 Å². The fraction of sp³-hybridized carbons (Fsp3) is 0. The van der Waals surface area contributed by atoms with Gasteiger partial charge in [-0.2, -0.15) is 0 Å². The van der Waals surface area contributed by atoms with Crippen LogP contribution in [0.2, 0.25) is 0 Å². The summed E-state index contributed by atoms with van der Waals surface area (Å²) in [5, 5.41) is 15.9. The smallest absolute Gasteiger partial charge is 0.00199 e. The van der Waals surface area contributed by atoms with Gasteiger partial charge in [-0.1, -0.05) is 121 Å². The molecule has 2 aliphatic rings. The zero-order valence-corrected chi connectivity index (χ0v) is 26.0. The van der Waals surface area contributed by atoms with E-state index < -0.39 is 0 Å². The van der Waals surface area contributed by atoms with E-state index in [0.717, 1.165) is 0 Å². The number of fused-ring (bicyclic) bond motifs is 13. The average molecular weight is 603 g/mol. The molecular formula is C48H26. The Bertz CT molecular complexity index is 3080. The van der Waals surface area contributed by atoms with Crippen molar-refractivity contribution in [2.45, 2.75) is 0 Å². The lowest BCUT2D eigenvalue weighted by Gasteiger charge is -2.12. The van der Waals surface area contributed by atoms with Gasteiger partial charge in [-0.15, -0.1) is 0 Å². The van der Waals surface area contributed by atoms with E-state index >= 15 is 0 Å². The van der Waals surface area contributed by atoms with Crippen molar-refractivity contribution < 1.29 is 0 Å². The van der Waals surface area contributed by atoms with Crippen LogP contribution in [-0.4, -0.2) is 0 Å². The number of benzene rings is 10. The van der Waals surface area contributed by atoms with Crippen molar-refractivity contribution in [3.8, 4) is 55.6 Å². The first-order chi connectivity index (χ1) is 23.8. The van der Waals surface area contributed by atoms with Gasteiger partial charge in [0.25, 0.3) is 0 Å². The van der Waals surface area contributed by atoms with Crippen molar-refractivity contribution in [2.75, 3.05) is 0 Å². The van der Waals surface area contributed by atoms with E-state index in [1.807, 2.05) is 0 Å². The van der Waals surface area contributed by atoms with E-state index in [1.165, 1.54) is 120 Å². The summed E-state index contributed by atoms with van der Waals surface area (Å²) in [6, 6.07) is 59.5. The molecule has 2 aliphatic carbocycles. The van der Waals surface area contributed by atoms with Crippen molar-refractivity contribution in [1.82, 2.24) is 0 Å². The molecular weight excluding hydrogens is 577 g/mol. The fourth-order valence-electron chi connectivity index (χ4n) is 9.11. The van der Waals surface area contributed by atoms with Crippen LogP contribution in [0.4, 0.5) is 0 Å². The number of rotatable bonds is 1. The van der Waals surface area contributed by atoms with Gasteiger partial charge in [0.15, 0.2) is 0 Å². The molecule has 12 rings (SSSR count). The Morgan fingerprint density at radius 3 is 1.40 bits per heavy atom. The third-order valence-electron chi connectivity index (χ3n) is 11.3. The van der Waals surface area contributed by atoms with Gasteiger partial charge >= 0.3 is 0 Å². The van der Waals surface area contributed by atoms with Crippen LogP contribution < -0.4 is 0 Å². The summed E-state index contributed by atoms with van der Waals surface area (Å²) in [6.07, 6.45) is 0. The highest BCUT2D eigenvalue weighted by Gasteiger charge is 2.25. The first-order valence-electron chi connectivity index (χ1n) is 16.8. The molecule has 0 nitrogen and oxygen atoms in total. The van der Waals surface area contributed by atoms with E-state index in [9.17, 15) is 0 Å². The Balaban J connectivity index is 1.09. The molecule has 0 fully saturated rings. The first kappa shape index (κ1) is 24.9. The predicted molar refractivity (Wildman–Crippen MR) is 206 cm³/mol. The number of hydrogen-bond acceptors (Lipinski definition) is 0. The fourth-order valence-corrected chi connectivity index (χ4v) is 9.11. The van der Waals surface area contributed by atoms with Gasteiger partial charge in [-0.3, -0.25) is 0 Å². The topological polar surface area (TPSA) is 0 Å². The minimum Gasteiger partial charge on any atom is -0.0622 e. The van der Waals surface area contributed by atoms with Crippen LogP contribution in [0.15, 0.2) is 158 Å². The Kier molecular flexibility index (Phi) is 4.55. The first-order valence-corrected chi connectivity index (χ1v) is 16.8. The van der Waals surface area contributed by atoms with Crippen molar-refractivity contribution in [1.29, 1.82) is 0 Å². The van der Waals surface area contributed by atoms with E-state index in [4.69, 9.17) is 0 Å². The second kappa shape index (κ2) is 8.76. The van der Waals surface area contributed by atoms with E-state index in [1.54, 1.807) is 0 Å². The lowest BCUT2D eigenvalue weighted by atomic mass is 9.91. The molecule has 10 aromatic rings.